The van der Waals surface area contributed by atoms with Gasteiger partial charge >= 0.3 is 5.78 Å². The fourth-order valence-corrected chi connectivity index (χ4v) is 2.96. The minimum Gasteiger partial charge on any atom is -0.712 e. The van der Waals surface area contributed by atoms with Crippen LogP contribution >= 0.6 is 27.7 Å². The molecule has 3 aromatic rings. The largest absolute Gasteiger partial charge is 0.712 e. The van der Waals surface area contributed by atoms with Gasteiger partial charge in [-0.05, 0) is 35.6 Å². The number of halogens is 1. The lowest BCUT2D eigenvalue weighted by molar-refractivity contribution is -0.613. The fraction of sp³-hybridized carbons (Fsp3) is 0.182. The maximum absolute atomic E-state index is 5.36. The third kappa shape index (κ3) is 2.03. The molecular formula is C11H10BrN5S2. The summed E-state index contributed by atoms with van der Waals surface area (Å²) in [5.74, 6) is 0.844. The minimum atomic E-state index is 0.519. The maximum Gasteiger partial charge on any atom is 0.381 e. The Kier molecular flexibility index (Phi) is 3.23. The van der Waals surface area contributed by atoms with Crippen molar-refractivity contribution in [3.05, 3.63) is 28.7 Å². The summed E-state index contributed by atoms with van der Waals surface area (Å²) in [7, 11) is 1.89. The molecule has 5 nitrogen and oxygen atoms in total. The summed E-state index contributed by atoms with van der Waals surface area (Å²) >= 11 is 10.3. The van der Waals surface area contributed by atoms with Crippen molar-refractivity contribution in [3.63, 3.8) is 0 Å². The van der Waals surface area contributed by atoms with Crippen molar-refractivity contribution in [2.24, 2.45) is 7.05 Å². The SMILES string of the molecule is CSc1nn(C)c2n1nc([S-])[n+]2-c1ccc(Br)cc1. The monoisotopic (exact) mass is 355 g/mol. The van der Waals surface area contributed by atoms with Gasteiger partial charge in [-0.2, -0.15) is 4.68 Å². The number of hydrogen-bond acceptors (Lipinski definition) is 4. The van der Waals surface area contributed by atoms with E-state index in [-0.39, 0.29) is 0 Å². The molecule has 0 fully saturated rings. The zero-order valence-corrected chi connectivity index (χ0v) is 13.5. The molecule has 0 N–H and O–H groups in total. The van der Waals surface area contributed by atoms with Crippen LogP contribution in [0.25, 0.3) is 11.5 Å². The number of nitrogens with zero attached hydrogens (tertiary/aromatic N) is 5. The van der Waals surface area contributed by atoms with Gasteiger partial charge in [0.1, 0.15) is 5.16 Å². The second-order valence-corrected chi connectivity index (χ2v) is 5.97. The van der Waals surface area contributed by atoms with Crippen molar-refractivity contribution < 1.29 is 4.57 Å². The van der Waals surface area contributed by atoms with Gasteiger partial charge in [-0.3, -0.25) is 0 Å². The lowest BCUT2D eigenvalue weighted by atomic mass is 10.3. The second kappa shape index (κ2) is 4.77. The van der Waals surface area contributed by atoms with Crippen LogP contribution in [-0.4, -0.2) is 25.7 Å². The topological polar surface area (TPSA) is 39.0 Å². The van der Waals surface area contributed by atoms with Crippen molar-refractivity contribution >= 4 is 46.1 Å². The Morgan fingerprint density at radius 3 is 2.58 bits per heavy atom. The molecule has 0 amide bonds. The van der Waals surface area contributed by atoms with Gasteiger partial charge in [-0.1, -0.05) is 37.3 Å². The first-order valence-electron chi connectivity index (χ1n) is 5.46. The average molecular weight is 356 g/mol. The highest BCUT2D eigenvalue weighted by atomic mass is 79.9. The third-order valence-corrected chi connectivity index (χ3v) is 4.15. The molecule has 0 saturated heterocycles. The Bertz CT molecular complexity index is 747. The van der Waals surface area contributed by atoms with E-state index in [1.807, 2.05) is 42.1 Å². The summed E-state index contributed by atoms with van der Waals surface area (Å²) < 4.78 is 6.50. The van der Waals surface area contributed by atoms with Crippen molar-refractivity contribution in [2.45, 2.75) is 10.3 Å². The molecule has 0 aliphatic rings. The predicted molar refractivity (Wildman–Crippen MR) is 78.6 cm³/mol. The highest BCUT2D eigenvalue weighted by Crippen LogP contribution is 2.16. The first-order chi connectivity index (χ1) is 9.11. The Labute approximate surface area is 128 Å². The van der Waals surface area contributed by atoms with Crippen molar-refractivity contribution in [1.29, 1.82) is 0 Å². The lowest BCUT2D eigenvalue weighted by Gasteiger charge is -2.04. The average Bonchev–Trinajstić information content (AvgIpc) is 2.88. The smallest absolute Gasteiger partial charge is 0.381 e. The Morgan fingerprint density at radius 1 is 1.26 bits per heavy atom. The van der Waals surface area contributed by atoms with E-state index in [0.717, 1.165) is 21.1 Å². The summed E-state index contributed by atoms with van der Waals surface area (Å²) in [6.45, 7) is 0. The van der Waals surface area contributed by atoms with Crippen LogP contribution in [-0.2, 0) is 19.7 Å². The molecule has 2 aromatic heterocycles. The van der Waals surface area contributed by atoms with Crippen molar-refractivity contribution in [2.75, 3.05) is 6.26 Å². The standard InChI is InChI=1S/C11H10BrN5S2/c1-15-11-16(8-5-3-7(12)4-6-8)9(18)13-17(11)10(14-15)19-2/h3-6H,1-2H3. The highest BCUT2D eigenvalue weighted by Gasteiger charge is 2.23. The van der Waals surface area contributed by atoms with Gasteiger partial charge in [0.05, 0.1) is 12.7 Å². The summed E-state index contributed by atoms with van der Waals surface area (Å²) in [6.07, 6.45) is 1.97. The van der Waals surface area contributed by atoms with Crippen LogP contribution in [0.15, 0.2) is 39.1 Å². The van der Waals surface area contributed by atoms with Gasteiger partial charge in [0.15, 0.2) is 0 Å². The molecule has 3 rings (SSSR count). The molecule has 0 saturated carbocycles. The number of rotatable bonds is 2. The van der Waals surface area contributed by atoms with E-state index >= 15 is 0 Å². The number of fused-ring (bicyclic) bond motifs is 1. The van der Waals surface area contributed by atoms with Gasteiger partial charge in [-0.15, -0.1) is 0 Å². The molecule has 0 unspecified atom stereocenters. The molecule has 0 aliphatic carbocycles. The van der Waals surface area contributed by atoms with Crippen LogP contribution in [0.4, 0.5) is 0 Å². The molecule has 0 spiro atoms. The first-order valence-corrected chi connectivity index (χ1v) is 7.89. The van der Waals surface area contributed by atoms with E-state index in [9.17, 15) is 0 Å². The quantitative estimate of drug-likeness (QED) is 0.398. The molecule has 2 heterocycles. The zero-order chi connectivity index (χ0) is 13.6. The Morgan fingerprint density at radius 2 is 1.95 bits per heavy atom. The molecule has 98 valence electrons. The van der Waals surface area contributed by atoms with E-state index < -0.39 is 0 Å². The van der Waals surface area contributed by atoms with Gasteiger partial charge in [0.25, 0.3) is 5.16 Å². The highest BCUT2D eigenvalue weighted by molar-refractivity contribution is 9.10. The molecule has 19 heavy (non-hydrogen) atoms. The summed E-state index contributed by atoms with van der Waals surface area (Å²) in [5, 5.41) is 10.1. The molecule has 0 bridgehead atoms. The van der Waals surface area contributed by atoms with Gasteiger partial charge in [-0.25, -0.2) is 4.57 Å². The van der Waals surface area contributed by atoms with E-state index in [1.54, 1.807) is 21.0 Å². The summed E-state index contributed by atoms with van der Waals surface area (Å²) in [6, 6.07) is 7.94. The predicted octanol–water partition coefficient (Wildman–Crippen LogP) is 1.73. The second-order valence-electron chi connectivity index (χ2n) is 3.92. The summed E-state index contributed by atoms with van der Waals surface area (Å²) in [5.41, 5.74) is 0.971. The number of aryl methyl sites for hydroxylation is 1. The molecule has 0 atom stereocenters. The van der Waals surface area contributed by atoms with Gasteiger partial charge < -0.3 is 12.6 Å². The fourth-order valence-electron chi connectivity index (χ4n) is 1.92. The molecular weight excluding hydrogens is 346 g/mol. The van der Waals surface area contributed by atoms with Crippen LogP contribution < -0.4 is 4.57 Å². The molecule has 8 heteroatoms. The normalized spacial score (nSPS) is 11.3. The van der Waals surface area contributed by atoms with E-state index in [0.29, 0.717) is 5.16 Å². The zero-order valence-electron chi connectivity index (χ0n) is 10.2. The minimum absolute atomic E-state index is 0.519. The Balaban J connectivity index is 2.31. The summed E-state index contributed by atoms with van der Waals surface area (Å²) in [4.78, 5) is 0. The van der Waals surface area contributed by atoms with Crippen molar-refractivity contribution in [1.82, 2.24) is 19.4 Å². The number of benzene rings is 1. The van der Waals surface area contributed by atoms with Gasteiger partial charge in [0, 0.05) is 4.47 Å². The number of hydrogen-bond donors (Lipinski definition) is 0. The van der Waals surface area contributed by atoms with Crippen LogP contribution in [0.3, 0.4) is 0 Å². The van der Waals surface area contributed by atoms with E-state index in [1.165, 1.54) is 0 Å². The van der Waals surface area contributed by atoms with Crippen LogP contribution in [0.1, 0.15) is 0 Å². The van der Waals surface area contributed by atoms with Gasteiger partial charge in [0.2, 0.25) is 0 Å². The van der Waals surface area contributed by atoms with Crippen molar-refractivity contribution in [3.8, 4) is 5.69 Å². The van der Waals surface area contributed by atoms with E-state index in [2.05, 4.69) is 26.1 Å². The lowest BCUT2D eigenvalue weighted by Crippen LogP contribution is -2.34. The molecule has 0 radical (unpaired) electrons. The first kappa shape index (κ1) is 12.9. The molecule has 1 aromatic carbocycles. The van der Waals surface area contributed by atoms with Crippen LogP contribution in [0, 0.1) is 0 Å². The Hall–Kier alpha value is -1.12. The maximum atomic E-state index is 5.36. The number of aromatic nitrogens is 5. The van der Waals surface area contributed by atoms with Crippen LogP contribution in [0.2, 0.25) is 0 Å². The number of thioether (sulfide) groups is 1. The van der Waals surface area contributed by atoms with Crippen LogP contribution in [0.5, 0.6) is 0 Å². The third-order valence-electron chi connectivity index (χ3n) is 2.74. The molecule has 0 aliphatic heterocycles. The van der Waals surface area contributed by atoms with E-state index in [4.69, 9.17) is 12.6 Å².